The zero-order chi connectivity index (χ0) is 21.3. The molecule has 0 fully saturated rings. The van der Waals surface area contributed by atoms with Gasteiger partial charge in [-0.05, 0) is 30.2 Å². The minimum absolute atomic E-state index is 0.0965. The summed E-state index contributed by atoms with van der Waals surface area (Å²) in [5.41, 5.74) is 1.37. The molecule has 0 saturated heterocycles. The lowest BCUT2D eigenvalue weighted by atomic mass is 10.1. The number of rotatable bonds is 10. The number of hydrogen-bond donors (Lipinski definition) is 1. The van der Waals surface area contributed by atoms with Gasteiger partial charge in [-0.3, -0.25) is 4.79 Å². The molecule has 0 spiro atoms. The lowest BCUT2D eigenvalue weighted by Gasteiger charge is -2.10. The van der Waals surface area contributed by atoms with E-state index < -0.39 is 5.82 Å². The first kappa shape index (κ1) is 22.5. The number of carbonyl (C=O) groups excluding carboxylic acids is 1. The molecular formula is C21H22BrFN4O2S. The molecule has 0 saturated carbocycles. The Bertz CT molecular complexity index is 984. The minimum atomic E-state index is -0.491. The third-order valence-electron chi connectivity index (χ3n) is 4.33. The van der Waals surface area contributed by atoms with Gasteiger partial charge in [0.1, 0.15) is 11.6 Å². The Morgan fingerprint density at radius 2 is 2.00 bits per heavy atom. The van der Waals surface area contributed by atoms with Crippen LogP contribution in [0.4, 0.5) is 10.1 Å². The Kier molecular flexibility index (Phi) is 8.41. The molecule has 1 aromatic heterocycles. The van der Waals surface area contributed by atoms with E-state index in [0.717, 1.165) is 18.7 Å². The molecule has 0 radical (unpaired) electrons. The van der Waals surface area contributed by atoms with Crippen molar-refractivity contribution in [3.63, 3.8) is 0 Å². The molecule has 0 aliphatic rings. The highest BCUT2D eigenvalue weighted by Crippen LogP contribution is 2.21. The van der Waals surface area contributed by atoms with Crippen LogP contribution in [0.25, 0.3) is 0 Å². The molecule has 9 heteroatoms. The van der Waals surface area contributed by atoms with Crippen molar-refractivity contribution in [2.24, 2.45) is 0 Å². The molecule has 0 unspecified atom stereocenters. The summed E-state index contributed by atoms with van der Waals surface area (Å²) in [6, 6.07) is 14.7. The molecule has 1 heterocycles. The average molecular weight is 493 g/mol. The summed E-state index contributed by atoms with van der Waals surface area (Å²) in [4.78, 5) is 12.3. The number of methoxy groups -OCH3 is 1. The van der Waals surface area contributed by atoms with Gasteiger partial charge in [-0.1, -0.05) is 58.0 Å². The van der Waals surface area contributed by atoms with Crippen LogP contribution < -0.4 is 5.32 Å². The van der Waals surface area contributed by atoms with Gasteiger partial charge in [0.25, 0.3) is 0 Å². The smallest absolute Gasteiger partial charge is 0.234 e. The summed E-state index contributed by atoms with van der Waals surface area (Å²) in [5.74, 6) is 0.138. The highest BCUT2D eigenvalue weighted by atomic mass is 79.9. The molecular weight excluding hydrogens is 471 g/mol. The Balaban J connectivity index is 1.62. The van der Waals surface area contributed by atoms with E-state index in [4.69, 9.17) is 4.74 Å². The predicted octanol–water partition coefficient (Wildman–Crippen LogP) is 4.34. The minimum Gasteiger partial charge on any atom is -0.383 e. The van der Waals surface area contributed by atoms with E-state index in [9.17, 15) is 9.18 Å². The maximum atomic E-state index is 13.9. The van der Waals surface area contributed by atoms with Gasteiger partial charge in [0.05, 0.1) is 18.0 Å². The number of nitrogens with one attached hydrogen (secondary N) is 1. The van der Waals surface area contributed by atoms with E-state index in [1.165, 1.54) is 29.5 Å². The van der Waals surface area contributed by atoms with Crippen molar-refractivity contribution < 1.29 is 13.9 Å². The maximum absolute atomic E-state index is 13.9. The van der Waals surface area contributed by atoms with Gasteiger partial charge in [-0.25, -0.2) is 4.39 Å². The number of hydrogen-bond acceptors (Lipinski definition) is 5. The number of anilines is 1. The maximum Gasteiger partial charge on any atom is 0.234 e. The van der Waals surface area contributed by atoms with Gasteiger partial charge in [-0.15, -0.1) is 10.2 Å². The Labute approximate surface area is 187 Å². The summed E-state index contributed by atoms with van der Waals surface area (Å²) in [6.45, 7) is 1.11. The number of aryl methyl sites for hydroxylation is 2. The van der Waals surface area contributed by atoms with Crippen molar-refractivity contribution in [3.05, 3.63) is 70.2 Å². The summed E-state index contributed by atoms with van der Waals surface area (Å²) in [5, 5.41) is 11.8. The van der Waals surface area contributed by atoms with Crippen LogP contribution in [0.15, 0.2) is 58.2 Å². The van der Waals surface area contributed by atoms with E-state index in [0.29, 0.717) is 22.8 Å². The number of ether oxygens (including phenoxy) is 1. The molecule has 158 valence electrons. The van der Waals surface area contributed by atoms with Crippen LogP contribution in [0.1, 0.15) is 11.4 Å². The topological polar surface area (TPSA) is 69.0 Å². The lowest BCUT2D eigenvalue weighted by molar-refractivity contribution is -0.113. The number of nitrogens with zero attached hydrogens (tertiary/aromatic N) is 3. The van der Waals surface area contributed by atoms with Gasteiger partial charge in [0, 0.05) is 24.5 Å². The van der Waals surface area contributed by atoms with E-state index in [1.807, 2.05) is 22.8 Å². The molecule has 3 aromatic rings. The molecule has 6 nitrogen and oxygen atoms in total. The van der Waals surface area contributed by atoms with Crippen LogP contribution in [0.3, 0.4) is 0 Å². The largest absolute Gasteiger partial charge is 0.383 e. The Morgan fingerprint density at radius 3 is 2.73 bits per heavy atom. The normalized spacial score (nSPS) is 10.9. The van der Waals surface area contributed by atoms with E-state index in [-0.39, 0.29) is 17.3 Å². The molecule has 0 aliphatic carbocycles. The van der Waals surface area contributed by atoms with Crippen LogP contribution in [-0.4, -0.2) is 40.1 Å². The number of amides is 1. The first-order valence-corrected chi connectivity index (χ1v) is 11.2. The van der Waals surface area contributed by atoms with Gasteiger partial charge in [0.2, 0.25) is 5.91 Å². The van der Waals surface area contributed by atoms with Crippen LogP contribution in [-0.2, 0) is 28.9 Å². The molecule has 0 aliphatic heterocycles. The highest BCUT2D eigenvalue weighted by molar-refractivity contribution is 9.10. The van der Waals surface area contributed by atoms with Crippen LogP contribution in [0.2, 0.25) is 0 Å². The summed E-state index contributed by atoms with van der Waals surface area (Å²) < 4.78 is 21.7. The van der Waals surface area contributed by atoms with Crippen molar-refractivity contribution in [2.75, 3.05) is 24.8 Å². The second-order valence-electron chi connectivity index (χ2n) is 6.49. The zero-order valence-corrected chi connectivity index (χ0v) is 18.9. The monoisotopic (exact) mass is 492 g/mol. The molecule has 1 N–H and O–H groups in total. The summed E-state index contributed by atoms with van der Waals surface area (Å²) in [7, 11) is 1.64. The molecule has 0 atom stereocenters. The van der Waals surface area contributed by atoms with Crippen LogP contribution in [0, 0.1) is 5.82 Å². The third kappa shape index (κ3) is 6.38. The van der Waals surface area contributed by atoms with Gasteiger partial charge >= 0.3 is 0 Å². The van der Waals surface area contributed by atoms with Crippen LogP contribution >= 0.6 is 27.7 Å². The summed E-state index contributed by atoms with van der Waals surface area (Å²) in [6.07, 6.45) is 1.58. The quantitative estimate of drug-likeness (QED) is 0.426. The SMILES string of the molecule is COCCn1c(CCc2ccccc2)nnc1SCC(=O)Nc1ccc(Br)cc1F. The second-order valence-corrected chi connectivity index (χ2v) is 8.35. The number of thioether (sulfide) groups is 1. The van der Waals surface area contributed by atoms with E-state index in [2.05, 4.69) is 43.6 Å². The first-order chi connectivity index (χ1) is 14.6. The fourth-order valence-electron chi connectivity index (χ4n) is 2.83. The number of aromatic nitrogens is 3. The first-order valence-electron chi connectivity index (χ1n) is 9.39. The molecule has 0 bridgehead atoms. The summed E-state index contributed by atoms with van der Waals surface area (Å²) >= 11 is 4.46. The van der Waals surface area contributed by atoms with Crippen molar-refractivity contribution in [1.82, 2.24) is 14.8 Å². The van der Waals surface area contributed by atoms with Crippen molar-refractivity contribution >= 4 is 39.3 Å². The Morgan fingerprint density at radius 1 is 1.20 bits per heavy atom. The molecule has 30 heavy (non-hydrogen) atoms. The lowest BCUT2D eigenvalue weighted by Crippen LogP contribution is -2.16. The van der Waals surface area contributed by atoms with Crippen molar-refractivity contribution in [3.8, 4) is 0 Å². The Hall–Kier alpha value is -2.23. The second kappa shape index (κ2) is 11.2. The zero-order valence-electron chi connectivity index (χ0n) is 16.5. The van der Waals surface area contributed by atoms with Gasteiger partial charge < -0.3 is 14.6 Å². The van der Waals surface area contributed by atoms with Gasteiger partial charge in [0.15, 0.2) is 5.16 Å². The van der Waals surface area contributed by atoms with Crippen LogP contribution in [0.5, 0.6) is 0 Å². The third-order valence-corrected chi connectivity index (χ3v) is 5.79. The molecule has 2 aromatic carbocycles. The van der Waals surface area contributed by atoms with Gasteiger partial charge in [-0.2, -0.15) is 0 Å². The number of halogens is 2. The number of carbonyl (C=O) groups is 1. The fraction of sp³-hybridized carbons (Fsp3) is 0.286. The molecule has 1 amide bonds. The predicted molar refractivity (Wildman–Crippen MR) is 119 cm³/mol. The number of benzene rings is 2. The standard InChI is InChI=1S/C21H22BrFN4O2S/c1-29-12-11-27-19(10-7-15-5-3-2-4-6-15)25-26-21(27)30-14-20(28)24-18-9-8-16(22)13-17(18)23/h2-6,8-9,13H,7,10-12,14H2,1H3,(H,24,28). The van der Waals surface area contributed by atoms with Crippen molar-refractivity contribution in [1.29, 1.82) is 0 Å². The van der Waals surface area contributed by atoms with Crippen molar-refractivity contribution in [2.45, 2.75) is 24.5 Å². The molecule has 3 rings (SSSR count). The average Bonchev–Trinajstić information content (AvgIpc) is 3.13. The fourth-order valence-corrected chi connectivity index (χ4v) is 3.94. The van der Waals surface area contributed by atoms with E-state index in [1.54, 1.807) is 13.2 Å². The van der Waals surface area contributed by atoms with E-state index >= 15 is 0 Å². The highest BCUT2D eigenvalue weighted by Gasteiger charge is 2.15.